The summed E-state index contributed by atoms with van der Waals surface area (Å²) < 4.78 is 23.2. The van der Waals surface area contributed by atoms with Gasteiger partial charge in [0.1, 0.15) is 11.6 Å². The molecule has 6 heteroatoms. The number of carbonyl (C=O) groups excluding carboxylic acids is 1. The molecule has 0 spiro atoms. The van der Waals surface area contributed by atoms with Gasteiger partial charge in [0, 0.05) is 26.8 Å². The van der Waals surface area contributed by atoms with Gasteiger partial charge in [-0.25, -0.2) is 4.39 Å². The average Bonchev–Trinajstić information content (AvgIpc) is 2.52. The Morgan fingerprint density at radius 1 is 1.17 bits per heavy atom. The number of amides is 1. The molecule has 0 unspecified atom stereocenters. The third kappa shape index (κ3) is 9.86. The molecule has 0 aliphatic rings. The van der Waals surface area contributed by atoms with E-state index in [9.17, 15) is 9.18 Å². The van der Waals surface area contributed by atoms with E-state index in [1.165, 1.54) is 12.1 Å². The highest BCUT2D eigenvalue weighted by Gasteiger charge is 2.05. The number of hydrogen-bond donors (Lipinski definition) is 1. The van der Waals surface area contributed by atoms with Gasteiger partial charge in [-0.1, -0.05) is 0 Å². The Hall–Kier alpha value is -1.66. The van der Waals surface area contributed by atoms with E-state index < -0.39 is 0 Å². The topological polar surface area (TPSA) is 50.8 Å². The van der Waals surface area contributed by atoms with E-state index in [0.29, 0.717) is 32.1 Å². The zero-order valence-corrected chi connectivity index (χ0v) is 14.0. The lowest BCUT2D eigenvalue weighted by molar-refractivity contribution is -0.122. The summed E-state index contributed by atoms with van der Waals surface area (Å²) in [6.07, 6.45) is 2.60. The van der Waals surface area contributed by atoms with Crippen LogP contribution in [0.25, 0.3) is 0 Å². The lowest BCUT2D eigenvalue weighted by Crippen LogP contribution is -2.36. The van der Waals surface area contributed by atoms with E-state index in [1.54, 1.807) is 19.2 Å². The molecule has 1 amide bonds. The fourth-order valence-corrected chi connectivity index (χ4v) is 2.03. The molecule has 0 radical (unpaired) electrons. The number of rotatable bonds is 12. The van der Waals surface area contributed by atoms with Crippen LogP contribution in [0.4, 0.5) is 4.39 Å². The molecule has 23 heavy (non-hydrogen) atoms. The van der Waals surface area contributed by atoms with Crippen molar-refractivity contribution < 1.29 is 18.7 Å². The van der Waals surface area contributed by atoms with Gasteiger partial charge in [0.05, 0.1) is 13.2 Å². The number of hydrogen-bond acceptors (Lipinski definition) is 4. The molecule has 0 atom stereocenters. The molecule has 0 fully saturated rings. The Morgan fingerprint density at radius 3 is 2.61 bits per heavy atom. The number of unbranched alkanes of at least 4 members (excludes halogenated alkanes) is 1. The van der Waals surface area contributed by atoms with Crippen LogP contribution in [0.15, 0.2) is 24.3 Å². The van der Waals surface area contributed by atoms with Crippen molar-refractivity contribution in [3.63, 3.8) is 0 Å². The quantitative estimate of drug-likeness (QED) is 0.598. The molecule has 0 aromatic heterocycles. The Bertz CT molecular complexity index is 440. The fourth-order valence-electron chi connectivity index (χ4n) is 2.03. The first kappa shape index (κ1) is 19.4. The molecule has 1 N–H and O–H groups in total. The maximum atomic E-state index is 12.7. The molecule has 0 bridgehead atoms. The summed E-state index contributed by atoms with van der Waals surface area (Å²) in [5, 5.41) is 2.89. The third-order valence-electron chi connectivity index (χ3n) is 3.28. The van der Waals surface area contributed by atoms with Crippen molar-refractivity contribution >= 4 is 5.91 Å². The first-order valence-electron chi connectivity index (χ1n) is 7.94. The van der Waals surface area contributed by atoms with E-state index in [1.807, 2.05) is 11.9 Å². The fraction of sp³-hybridized carbons (Fsp3) is 0.588. The number of ether oxygens (including phenoxy) is 2. The molecule has 0 saturated carbocycles. The number of nitrogens with zero attached hydrogens (tertiary/aromatic N) is 1. The molecule has 5 nitrogen and oxygen atoms in total. The molecular formula is C17H27FN2O3. The first-order chi connectivity index (χ1) is 11.1. The molecule has 0 saturated heterocycles. The van der Waals surface area contributed by atoms with Crippen LogP contribution < -0.4 is 10.1 Å². The summed E-state index contributed by atoms with van der Waals surface area (Å²) in [4.78, 5) is 13.7. The standard InChI is InChI=1S/C17H27FN2O3/c1-20(11-5-12-22-2)14-17(21)19-10-3-4-13-23-16-8-6-15(18)7-9-16/h6-9H,3-5,10-14H2,1-2H3,(H,19,21). The predicted molar refractivity (Wildman–Crippen MR) is 88.1 cm³/mol. The first-order valence-corrected chi connectivity index (χ1v) is 7.94. The van der Waals surface area contributed by atoms with Gasteiger partial charge in [0.25, 0.3) is 0 Å². The molecule has 0 aliphatic carbocycles. The normalized spacial score (nSPS) is 10.8. The molecular weight excluding hydrogens is 299 g/mol. The second-order valence-electron chi connectivity index (χ2n) is 5.44. The van der Waals surface area contributed by atoms with Crippen molar-refractivity contribution in [1.82, 2.24) is 10.2 Å². The van der Waals surface area contributed by atoms with Crippen LogP contribution >= 0.6 is 0 Å². The van der Waals surface area contributed by atoms with Gasteiger partial charge < -0.3 is 14.8 Å². The SMILES string of the molecule is COCCCN(C)CC(=O)NCCCCOc1ccc(F)cc1. The zero-order chi connectivity index (χ0) is 16.9. The van der Waals surface area contributed by atoms with Crippen LogP contribution in [0.5, 0.6) is 5.75 Å². The van der Waals surface area contributed by atoms with Crippen molar-refractivity contribution in [3.8, 4) is 5.75 Å². The largest absolute Gasteiger partial charge is 0.494 e. The second-order valence-corrected chi connectivity index (χ2v) is 5.44. The second kappa shape index (κ2) is 11.8. The van der Waals surface area contributed by atoms with Crippen LogP contribution in [0, 0.1) is 5.82 Å². The number of carbonyl (C=O) groups is 1. The summed E-state index contributed by atoms with van der Waals surface area (Å²) in [5.41, 5.74) is 0. The highest BCUT2D eigenvalue weighted by molar-refractivity contribution is 5.77. The highest BCUT2D eigenvalue weighted by Crippen LogP contribution is 2.11. The maximum absolute atomic E-state index is 12.7. The van der Waals surface area contributed by atoms with Crippen LogP contribution in [0.2, 0.25) is 0 Å². The van der Waals surface area contributed by atoms with E-state index in [4.69, 9.17) is 9.47 Å². The van der Waals surface area contributed by atoms with Gasteiger partial charge in [-0.15, -0.1) is 0 Å². The van der Waals surface area contributed by atoms with Gasteiger partial charge in [-0.3, -0.25) is 9.69 Å². The minimum atomic E-state index is -0.271. The Labute approximate surface area is 137 Å². The van der Waals surface area contributed by atoms with Gasteiger partial charge in [-0.2, -0.15) is 0 Å². The number of methoxy groups -OCH3 is 1. The Morgan fingerprint density at radius 2 is 1.91 bits per heavy atom. The maximum Gasteiger partial charge on any atom is 0.234 e. The summed E-state index contributed by atoms with van der Waals surface area (Å²) in [6.45, 7) is 3.14. The molecule has 0 aliphatic heterocycles. The molecule has 130 valence electrons. The Kier molecular flexibility index (Phi) is 9.99. The van der Waals surface area contributed by atoms with E-state index in [2.05, 4.69) is 5.32 Å². The monoisotopic (exact) mass is 326 g/mol. The van der Waals surface area contributed by atoms with Crippen molar-refractivity contribution in [2.45, 2.75) is 19.3 Å². The summed E-state index contributed by atoms with van der Waals surface area (Å²) in [5.74, 6) is 0.421. The molecule has 1 aromatic rings. The number of benzene rings is 1. The molecule has 1 aromatic carbocycles. The van der Waals surface area contributed by atoms with Crippen LogP contribution in [0.3, 0.4) is 0 Å². The van der Waals surface area contributed by atoms with Gasteiger partial charge >= 0.3 is 0 Å². The Balaban J connectivity index is 1.99. The van der Waals surface area contributed by atoms with Crippen molar-refractivity contribution in [3.05, 3.63) is 30.1 Å². The number of nitrogens with one attached hydrogen (secondary N) is 1. The van der Waals surface area contributed by atoms with Crippen molar-refractivity contribution in [2.75, 3.05) is 47.0 Å². The van der Waals surface area contributed by atoms with Gasteiger partial charge in [-0.05, 0) is 50.6 Å². The van der Waals surface area contributed by atoms with Crippen molar-refractivity contribution in [2.24, 2.45) is 0 Å². The highest BCUT2D eigenvalue weighted by atomic mass is 19.1. The zero-order valence-electron chi connectivity index (χ0n) is 14.0. The summed E-state index contributed by atoms with van der Waals surface area (Å²) in [7, 11) is 3.60. The lowest BCUT2D eigenvalue weighted by Gasteiger charge is -2.15. The lowest BCUT2D eigenvalue weighted by atomic mass is 10.3. The summed E-state index contributed by atoms with van der Waals surface area (Å²) in [6, 6.07) is 5.96. The van der Waals surface area contributed by atoms with Gasteiger partial charge in [0.15, 0.2) is 0 Å². The third-order valence-corrected chi connectivity index (χ3v) is 3.28. The van der Waals surface area contributed by atoms with E-state index >= 15 is 0 Å². The summed E-state index contributed by atoms with van der Waals surface area (Å²) >= 11 is 0. The van der Waals surface area contributed by atoms with Crippen LogP contribution in [0.1, 0.15) is 19.3 Å². The minimum Gasteiger partial charge on any atom is -0.494 e. The molecule has 1 rings (SSSR count). The number of likely N-dealkylation sites (N-methyl/N-ethyl adjacent to an activating group) is 1. The average molecular weight is 326 g/mol. The minimum absolute atomic E-state index is 0.0318. The van der Waals surface area contributed by atoms with E-state index in [-0.39, 0.29) is 11.7 Å². The van der Waals surface area contributed by atoms with Crippen molar-refractivity contribution in [1.29, 1.82) is 0 Å². The van der Waals surface area contributed by atoms with Crippen LogP contribution in [-0.2, 0) is 9.53 Å². The molecule has 0 heterocycles. The predicted octanol–water partition coefficient (Wildman–Crippen LogP) is 2.07. The smallest absolute Gasteiger partial charge is 0.234 e. The van der Waals surface area contributed by atoms with E-state index in [0.717, 1.165) is 25.8 Å². The number of halogens is 1. The van der Waals surface area contributed by atoms with Gasteiger partial charge in [0.2, 0.25) is 5.91 Å². The van der Waals surface area contributed by atoms with Crippen LogP contribution in [-0.4, -0.2) is 57.8 Å².